The molecule has 2 aliphatic rings. The number of piperidine rings is 1. The van der Waals surface area contributed by atoms with Crippen LogP contribution in [0.5, 0.6) is 0 Å². The van der Waals surface area contributed by atoms with Crippen LogP contribution in [0.15, 0.2) is 24.3 Å². The minimum Gasteiger partial charge on any atom is -0.363 e. The Bertz CT molecular complexity index is 1310. The third-order valence-corrected chi connectivity index (χ3v) is 6.58. The molecule has 9 heteroatoms. The summed E-state index contributed by atoms with van der Waals surface area (Å²) in [5, 5.41) is 23.1. The van der Waals surface area contributed by atoms with Crippen LogP contribution in [0.1, 0.15) is 58.3 Å². The van der Waals surface area contributed by atoms with Crippen LogP contribution in [0, 0.1) is 24.1 Å². The van der Waals surface area contributed by atoms with E-state index in [1.807, 2.05) is 13.0 Å². The van der Waals surface area contributed by atoms with Gasteiger partial charge in [-0.1, -0.05) is 0 Å². The number of carbonyl (C=O) groups is 1. The van der Waals surface area contributed by atoms with Crippen molar-refractivity contribution in [3.05, 3.63) is 58.3 Å². The molecule has 1 aromatic carbocycles. The van der Waals surface area contributed by atoms with Gasteiger partial charge in [0.05, 0.1) is 40.9 Å². The van der Waals surface area contributed by atoms with Gasteiger partial charge in [-0.3, -0.25) is 9.48 Å². The number of nitriles is 1. The molecule has 1 fully saturated rings. The topological polar surface area (TPSA) is 90.9 Å². The number of benzene rings is 1. The van der Waals surface area contributed by atoms with Gasteiger partial charge in [0.2, 0.25) is 0 Å². The first kappa shape index (κ1) is 21.1. The second-order valence-electron chi connectivity index (χ2n) is 8.70. The number of fused-ring (bicyclic) bond motifs is 8. The van der Waals surface area contributed by atoms with Gasteiger partial charge in [0.1, 0.15) is 17.6 Å². The van der Waals surface area contributed by atoms with E-state index in [1.54, 1.807) is 25.1 Å². The molecule has 0 aliphatic carbocycles. The van der Waals surface area contributed by atoms with E-state index >= 15 is 0 Å². The fourth-order valence-electron chi connectivity index (χ4n) is 4.99. The van der Waals surface area contributed by atoms with Gasteiger partial charge in [-0.05, 0) is 56.0 Å². The van der Waals surface area contributed by atoms with Crippen LogP contribution in [0.4, 0.5) is 10.1 Å². The molecule has 5 rings (SSSR count). The van der Waals surface area contributed by atoms with E-state index in [1.165, 1.54) is 16.8 Å². The maximum absolute atomic E-state index is 14.4. The third kappa shape index (κ3) is 3.42. The highest BCUT2D eigenvalue weighted by Crippen LogP contribution is 2.40. The smallest absolute Gasteiger partial charge is 0.254 e. The van der Waals surface area contributed by atoms with Crippen molar-refractivity contribution in [2.45, 2.75) is 38.8 Å². The number of hydrogen-bond donors (Lipinski definition) is 0. The Morgan fingerprint density at radius 1 is 1.18 bits per heavy atom. The zero-order valence-corrected chi connectivity index (χ0v) is 18.8. The molecule has 0 spiro atoms. The van der Waals surface area contributed by atoms with Gasteiger partial charge in [0.15, 0.2) is 0 Å². The minimum absolute atomic E-state index is 0.166. The summed E-state index contributed by atoms with van der Waals surface area (Å²) in [5.41, 5.74) is 4.84. The number of nitrogens with zero attached hydrogens (tertiary/aromatic N) is 7. The van der Waals surface area contributed by atoms with Crippen molar-refractivity contribution in [1.82, 2.24) is 24.9 Å². The van der Waals surface area contributed by atoms with Crippen molar-refractivity contribution in [3.63, 3.8) is 0 Å². The van der Waals surface area contributed by atoms with Crippen molar-refractivity contribution in [2.75, 3.05) is 18.5 Å². The molecule has 0 N–H and O–H groups in total. The molecule has 0 unspecified atom stereocenters. The fraction of sp³-hybridized carbons (Fsp3) is 0.375. The van der Waals surface area contributed by atoms with E-state index in [9.17, 15) is 14.4 Å². The summed E-state index contributed by atoms with van der Waals surface area (Å²) in [7, 11) is 3.39. The molecule has 0 saturated carbocycles. The van der Waals surface area contributed by atoms with E-state index in [2.05, 4.69) is 26.3 Å². The number of carbonyl (C=O) groups excluding carboxylic acids is 1. The van der Waals surface area contributed by atoms with Gasteiger partial charge in [-0.2, -0.15) is 15.5 Å². The molecule has 33 heavy (non-hydrogen) atoms. The number of aromatic nitrogens is 4. The quantitative estimate of drug-likeness (QED) is 0.526. The predicted molar refractivity (Wildman–Crippen MR) is 120 cm³/mol. The summed E-state index contributed by atoms with van der Waals surface area (Å²) in [4.78, 5) is 17.3. The zero-order valence-electron chi connectivity index (χ0n) is 18.8. The van der Waals surface area contributed by atoms with Crippen LogP contribution >= 0.6 is 0 Å². The lowest BCUT2D eigenvalue weighted by Gasteiger charge is -2.39. The molecule has 3 aromatic rings. The summed E-state index contributed by atoms with van der Waals surface area (Å²) in [6.45, 7) is 2.83. The van der Waals surface area contributed by atoms with E-state index in [4.69, 9.17) is 0 Å². The molecule has 2 bridgehead atoms. The number of anilines is 1. The van der Waals surface area contributed by atoms with Crippen molar-refractivity contribution in [2.24, 2.45) is 7.05 Å². The Morgan fingerprint density at radius 3 is 2.79 bits per heavy atom. The summed E-state index contributed by atoms with van der Waals surface area (Å²) in [5.74, 6) is -0.574. The van der Waals surface area contributed by atoms with Crippen LogP contribution in [0.2, 0.25) is 0 Å². The molecule has 168 valence electrons. The Labute approximate surface area is 191 Å². The highest BCUT2D eigenvalue weighted by atomic mass is 19.1. The Kier molecular flexibility index (Phi) is 5.08. The van der Waals surface area contributed by atoms with Gasteiger partial charge in [-0.15, -0.1) is 5.10 Å². The van der Waals surface area contributed by atoms with E-state index in [-0.39, 0.29) is 24.3 Å². The van der Waals surface area contributed by atoms with E-state index < -0.39 is 0 Å². The second kappa shape index (κ2) is 7.96. The lowest BCUT2D eigenvalue weighted by molar-refractivity contribution is 0.0781. The van der Waals surface area contributed by atoms with Gasteiger partial charge in [0, 0.05) is 26.2 Å². The number of aryl methyl sites for hydroxylation is 2. The molecule has 8 nitrogen and oxygen atoms in total. The molecule has 2 aromatic heterocycles. The first-order chi connectivity index (χ1) is 15.9. The largest absolute Gasteiger partial charge is 0.363 e. The maximum atomic E-state index is 14.4. The molecule has 0 radical (unpaired) electrons. The van der Waals surface area contributed by atoms with Gasteiger partial charge in [-0.25, -0.2) is 4.39 Å². The maximum Gasteiger partial charge on any atom is 0.254 e. The molecule has 1 atom stereocenters. The Balaban J connectivity index is 1.81. The lowest BCUT2D eigenvalue weighted by Crippen LogP contribution is -2.36. The number of hydrogen-bond acceptors (Lipinski definition) is 6. The first-order valence-electron chi connectivity index (χ1n) is 11.0. The molecule has 1 amide bonds. The number of halogens is 1. The number of amides is 1. The Hall–Kier alpha value is -3.80. The van der Waals surface area contributed by atoms with Gasteiger partial charge >= 0.3 is 0 Å². The van der Waals surface area contributed by atoms with Gasteiger partial charge in [0.25, 0.3) is 5.91 Å². The van der Waals surface area contributed by atoms with Crippen LogP contribution in [0.25, 0.3) is 11.3 Å². The second-order valence-corrected chi connectivity index (χ2v) is 8.70. The Morgan fingerprint density at radius 2 is 2.00 bits per heavy atom. The van der Waals surface area contributed by atoms with Crippen molar-refractivity contribution >= 4 is 11.6 Å². The van der Waals surface area contributed by atoms with Crippen molar-refractivity contribution < 1.29 is 9.18 Å². The summed E-state index contributed by atoms with van der Waals surface area (Å²) >= 11 is 0. The van der Waals surface area contributed by atoms with E-state index in [0.29, 0.717) is 33.8 Å². The standard InChI is InChI=1S/C24H24FN7O/c1-14-21-11-18(28-27-14)23-19(29-31(3)22(23)12-26)13-30(2)24(33)16-8-7-15(25)10-17(16)20-6-4-5-9-32(20)21/h7-8,10-11,20H,4-6,9,13H2,1-3H3/t20-/m1/s1. The summed E-state index contributed by atoms with van der Waals surface area (Å²) < 4.78 is 15.9. The average molecular weight is 446 g/mol. The number of rotatable bonds is 0. The van der Waals surface area contributed by atoms with Crippen molar-refractivity contribution in [1.29, 1.82) is 5.26 Å². The van der Waals surface area contributed by atoms with Crippen LogP contribution in [0.3, 0.4) is 0 Å². The molecular formula is C24H24FN7O. The lowest BCUT2D eigenvalue weighted by atomic mass is 9.90. The van der Waals surface area contributed by atoms with Gasteiger partial charge < -0.3 is 9.80 Å². The predicted octanol–water partition coefficient (Wildman–Crippen LogP) is 3.51. The monoisotopic (exact) mass is 445 g/mol. The SMILES string of the molecule is Cc1nnc2cc1N1CCCC[C@@H]1c1cc(F)ccc1C(=O)N(C)Cc1nn(C)c(C#N)c1-2. The summed E-state index contributed by atoms with van der Waals surface area (Å²) in [6.07, 6.45) is 2.76. The molecule has 2 aliphatic heterocycles. The highest BCUT2D eigenvalue weighted by Gasteiger charge is 2.32. The highest BCUT2D eigenvalue weighted by molar-refractivity contribution is 5.96. The molecule has 4 heterocycles. The summed E-state index contributed by atoms with van der Waals surface area (Å²) in [6, 6.07) is 8.40. The fourth-order valence-corrected chi connectivity index (χ4v) is 4.99. The van der Waals surface area contributed by atoms with E-state index in [0.717, 1.165) is 37.2 Å². The average Bonchev–Trinajstić information content (AvgIpc) is 3.12. The van der Waals surface area contributed by atoms with Crippen LogP contribution in [-0.4, -0.2) is 44.4 Å². The molecular weight excluding hydrogens is 421 g/mol. The first-order valence-corrected chi connectivity index (χ1v) is 11.0. The normalized spacial score (nSPS) is 17.9. The van der Waals surface area contributed by atoms with Crippen molar-refractivity contribution in [3.8, 4) is 17.3 Å². The van der Waals surface area contributed by atoms with Crippen LogP contribution < -0.4 is 4.90 Å². The third-order valence-electron chi connectivity index (χ3n) is 6.58. The zero-order chi connectivity index (χ0) is 23.3. The minimum atomic E-state index is -0.363. The van der Waals surface area contributed by atoms with Crippen LogP contribution in [-0.2, 0) is 13.6 Å². The molecule has 1 saturated heterocycles.